The third-order valence-corrected chi connectivity index (χ3v) is 2.73. The lowest BCUT2D eigenvalue weighted by Gasteiger charge is -2.15. The Bertz CT molecular complexity index is 528. The van der Waals surface area contributed by atoms with Gasteiger partial charge in [0.2, 0.25) is 0 Å². The van der Waals surface area contributed by atoms with Gasteiger partial charge in [0.1, 0.15) is 6.10 Å². The van der Waals surface area contributed by atoms with E-state index in [-0.39, 0.29) is 6.42 Å². The van der Waals surface area contributed by atoms with Crippen LogP contribution in [0, 0.1) is 11.3 Å². The SMILES string of the molecule is N#CCC(O)C(O)c1ccc(-c2ccn[nH]2)cc1. The molecule has 0 bridgehead atoms. The van der Waals surface area contributed by atoms with Crippen molar-refractivity contribution in [3.63, 3.8) is 0 Å². The van der Waals surface area contributed by atoms with Crippen molar-refractivity contribution in [1.82, 2.24) is 10.2 Å². The molecule has 5 nitrogen and oxygen atoms in total. The average Bonchev–Trinajstić information content (AvgIpc) is 2.92. The minimum atomic E-state index is -1.06. The molecule has 2 aromatic rings. The van der Waals surface area contributed by atoms with E-state index in [4.69, 9.17) is 5.26 Å². The van der Waals surface area contributed by atoms with Gasteiger partial charge in [0.05, 0.1) is 24.3 Å². The maximum Gasteiger partial charge on any atom is 0.106 e. The number of aromatic nitrogens is 2. The molecule has 1 aromatic carbocycles. The fourth-order valence-corrected chi connectivity index (χ4v) is 1.70. The molecular weight excluding hydrogens is 230 g/mol. The molecule has 0 aliphatic carbocycles. The molecule has 0 saturated heterocycles. The predicted octanol–water partition coefficient (Wildman–Crippen LogP) is 1.38. The molecule has 0 fully saturated rings. The number of aliphatic hydroxyl groups is 2. The molecule has 0 aliphatic rings. The highest BCUT2D eigenvalue weighted by Crippen LogP contribution is 2.22. The summed E-state index contributed by atoms with van der Waals surface area (Å²) in [6.07, 6.45) is -0.536. The number of aromatic amines is 1. The van der Waals surface area contributed by atoms with Gasteiger partial charge >= 0.3 is 0 Å². The van der Waals surface area contributed by atoms with Crippen LogP contribution >= 0.6 is 0 Å². The van der Waals surface area contributed by atoms with Gasteiger partial charge in [-0.2, -0.15) is 10.4 Å². The largest absolute Gasteiger partial charge is 0.389 e. The molecule has 2 unspecified atom stereocenters. The van der Waals surface area contributed by atoms with Gasteiger partial charge in [0.15, 0.2) is 0 Å². The highest BCUT2D eigenvalue weighted by Gasteiger charge is 2.17. The summed E-state index contributed by atoms with van der Waals surface area (Å²) < 4.78 is 0. The second-order valence-electron chi connectivity index (χ2n) is 3.97. The molecule has 1 aromatic heterocycles. The fraction of sp³-hybridized carbons (Fsp3) is 0.231. The molecule has 0 aliphatic heterocycles. The van der Waals surface area contributed by atoms with Crippen LogP contribution in [0.3, 0.4) is 0 Å². The van der Waals surface area contributed by atoms with Crippen molar-refractivity contribution in [2.75, 3.05) is 0 Å². The summed E-state index contributed by atoms with van der Waals surface area (Å²) in [5.41, 5.74) is 2.41. The zero-order valence-corrected chi connectivity index (χ0v) is 9.61. The number of hydrogen-bond acceptors (Lipinski definition) is 4. The van der Waals surface area contributed by atoms with Crippen LogP contribution in [0.1, 0.15) is 18.1 Å². The van der Waals surface area contributed by atoms with Crippen LogP contribution in [0.5, 0.6) is 0 Å². The molecule has 92 valence electrons. The Kier molecular flexibility index (Phi) is 3.72. The van der Waals surface area contributed by atoms with Gasteiger partial charge in [-0.15, -0.1) is 0 Å². The van der Waals surface area contributed by atoms with Crippen molar-refractivity contribution in [3.8, 4) is 17.3 Å². The summed E-state index contributed by atoms with van der Waals surface area (Å²) in [5.74, 6) is 0. The lowest BCUT2D eigenvalue weighted by molar-refractivity contribution is 0.0216. The van der Waals surface area contributed by atoms with Crippen molar-refractivity contribution in [2.45, 2.75) is 18.6 Å². The van der Waals surface area contributed by atoms with Gasteiger partial charge in [-0.25, -0.2) is 0 Å². The van der Waals surface area contributed by atoms with E-state index in [1.807, 2.05) is 24.3 Å². The van der Waals surface area contributed by atoms with Crippen LogP contribution in [-0.2, 0) is 0 Å². The highest BCUT2D eigenvalue weighted by atomic mass is 16.3. The van der Waals surface area contributed by atoms with Gasteiger partial charge < -0.3 is 10.2 Å². The van der Waals surface area contributed by atoms with Gasteiger partial charge in [-0.05, 0) is 17.2 Å². The van der Waals surface area contributed by atoms with E-state index in [1.54, 1.807) is 18.3 Å². The minimum absolute atomic E-state index is 0.0938. The topological polar surface area (TPSA) is 92.9 Å². The smallest absolute Gasteiger partial charge is 0.106 e. The van der Waals surface area contributed by atoms with Crippen molar-refractivity contribution in [1.29, 1.82) is 5.26 Å². The summed E-state index contributed by atoms with van der Waals surface area (Å²) in [7, 11) is 0. The first kappa shape index (κ1) is 12.3. The Morgan fingerprint density at radius 1 is 1.22 bits per heavy atom. The van der Waals surface area contributed by atoms with E-state index >= 15 is 0 Å². The van der Waals surface area contributed by atoms with Crippen LogP contribution < -0.4 is 0 Å². The second kappa shape index (κ2) is 5.45. The van der Waals surface area contributed by atoms with E-state index in [9.17, 15) is 10.2 Å². The summed E-state index contributed by atoms with van der Waals surface area (Å²) >= 11 is 0. The first-order valence-corrected chi connectivity index (χ1v) is 5.55. The van der Waals surface area contributed by atoms with Gasteiger partial charge in [-0.1, -0.05) is 24.3 Å². The van der Waals surface area contributed by atoms with E-state index < -0.39 is 12.2 Å². The molecule has 1 heterocycles. The maximum absolute atomic E-state index is 9.82. The number of hydrogen-bond donors (Lipinski definition) is 3. The Balaban J connectivity index is 2.15. The zero-order valence-electron chi connectivity index (χ0n) is 9.61. The molecule has 18 heavy (non-hydrogen) atoms. The van der Waals surface area contributed by atoms with E-state index in [1.165, 1.54) is 0 Å². The lowest BCUT2D eigenvalue weighted by atomic mass is 10.0. The van der Waals surface area contributed by atoms with Crippen molar-refractivity contribution < 1.29 is 10.2 Å². The van der Waals surface area contributed by atoms with E-state index in [2.05, 4.69) is 10.2 Å². The van der Waals surface area contributed by atoms with Crippen molar-refractivity contribution in [2.24, 2.45) is 0 Å². The summed E-state index contributed by atoms with van der Waals surface area (Å²) in [6, 6.07) is 10.8. The number of benzene rings is 1. The standard InChI is InChI=1S/C13H13N3O2/c14-7-5-12(17)13(18)10-3-1-9(2-4-10)11-6-8-15-16-11/h1-4,6,8,12-13,17-18H,5H2,(H,15,16). The first-order chi connectivity index (χ1) is 8.72. The molecule has 5 heteroatoms. The van der Waals surface area contributed by atoms with Crippen LogP contribution in [0.4, 0.5) is 0 Å². The molecule has 2 rings (SSSR count). The van der Waals surface area contributed by atoms with Gasteiger partial charge in [0, 0.05) is 6.20 Å². The summed E-state index contributed by atoms with van der Waals surface area (Å²) in [4.78, 5) is 0. The molecule has 0 spiro atoms. The third kappa shape index (κ3) is 2.56. The Labute approximate surface area is 104 Å². The number of nitrogens with zero attached hydrogens (tertiary/aromatic N) is 2. The number of nitrogens with one attached hydrogen (secondary N) is 1. The van der Waals surface area contributed by atoms with Crippen LogP contribution in [0.25, 0.3) is 11.3 Å². The quantitative estimate of drug-likeness (QED) is 0.756. The molecule has 0 radical (unpaired) electrons. The predicted molar refractivity (Wildman–Crippen MR) is 65.2 cm³/mol. The normalized spacial score (nSPS) is 13.8. The van der Waals surface area contributed by atoms with Crippen molar-refractivity contribution in [3.05, 3.63) is 42.1 Å². The molecule has 0 saturated carbocycles. The van der Waals surface area contributed by atoms with Crippen LogP contribution in [0.15, 0.2) is 36.5 Å². The van der Waals surface area contributed by atoms with Gasteiger partial charge in [0.25, 0.3) is 0 Å². The molecular formula is C13H13N3O2. The zero-order chi connectivity index (χ0) is 13.0. The highest BCUT2D eigenvalue weighted by molar-refractivity contribution is 5.58. The fourth-order valence-electron chi connectivity index (χ4n) is 1.70. The molecule has 2 atom stereocenters. The summed E-state index contributed by atoms with van der Waals surface area (Å²) in [5, 5.41) is 34.5. The second-order valence-corrected chi connectivity index (χ2v) is 3.97. The Morgan fingerprint density at radius 2 is 1.94 bits per heavy atom. The monoisotopic (exact) mass is 243 g/mol. The maximum atomic E-state index is 9.82. The Morgan fingerprint density at radius 3 is 2.50 bits per heavy atom. The van der Waals surface area contributed by atoms with Crippen molar-refractivity contribution >= 4 is 0 Å². The Hall–Kier alpha value is -2.16. The number of nitriles is 1. The number of H-pyrrole nitrogens is 1. The average molecular weight is 243 g/mol. The first-order valence-electron chi connectivity index (χ1n) is 5.55. The lowest BCUT2D eigenvalue weighted by Crippen LogP contribution is -2.17. The van der Waals surface area contributed by atoms with E-state index in [0.29, 0.717) is 5.56 Å². The minimum Gasteiger partial charge on any atom is -0.389 e. The van der Waals surface area contributed by atoms with E-state index in [0.717, 1.165) is 11.3 Å². The molecule has 0 amide bonds. The summed E-state index contributed by atoms with van der Waals surface area (Å²) in [6.45, 7) is 0. The van der Waals surface area contributed by atoms with Crippen LogP contribution in [-0.4, -0.2) is 26.5 Å². The third-order valence-electron chi connectivity index (χ3n) is 2.73. The van der Waals surface area contributed by atoms with Crippen LogP contribution in [0.2, 0.25) is 0 Å². The van der Waals surface area contributed by atoms with Gasteiger partial charge in [-0.3, -0.25) is 5.10 Å². The number of rotatable bonds is 4. The molecule has 3 N–H and O–H groups in total. The number of aliphatic hydroxyl groups excluding tert-OH is 2.